The second-order valence-corrected chi connectivity index (χ2v) is 5.60. The smallest absolute Gasteiger partial charge is 0.0537 e. The molecule has 2 unspecified atom stereocenters. The van der Waals surface area contributed by atoms with E-state index in [1.54, 1.807) is 0 Å². The highest BCUT2D eigenvalue weighted by molar-refractivity contribution is 5.14. The summed E-state index contributed by atoms with van der Waals surface area (Å²) in [4.78, 5) is 2.47. The minimum Gasteiger partial charge on any atom is -0.314 e. The molecule has 0 amide bonds. The lowest BCUT2D eigenvalue weighted by Crippen LogP contribution is -2.29. The highest BCUT2D eigenvalue weighted by Crippen LogP contribution is 2.35. The molecular weight excluding hydrogens is 212 g/mol. The van der Waals surface area contributed by atoms with Gasteiger partial charge in [0.1, 0.15) is 0 Å². The lowest BCUT2D eigenvalue weighted by atomic mass is 9.96. The van der Waals surface area contributed by atoms with Crippen molar-refractivity contribution in [2.45, 2.75) is 31.3 Å². The number of aryl methyl sites for hydroxylation is 1. The van der Waals surface area contributed by atoms with Crippen LogP contribution in [-0.4, -0.2) is 40.9 Å². The largest absolute Gasteiger partial charge is 0.314 e. The van der Waals surface area contributed by atoms with E-state index in [2.05, 4.69) is 28.6 Å². The van der Waals surface area contributed by atoms with Gasteiger partial charge in [-0.05, 0) is 38.8 Å². The third kappa shape index (κ3) is 2.38. The molecule has 2 aliphatic rings. The minimum atomic E-state index is 0.551. The average Bonchev–Trinajstić information content (AvgIpc) is 2.93. The van der Waals surface area contributed by atoms with Crippen molar-refractivity contribution in [3.8, 4) is 0 Å². The van der Waals surface area contributed by atoms with Crippen molar-refractivity contribution in [2.24, 2.45) is 13.0 Å². The van der Waals surface area contributed by atoms with E-state index < -0.39 is 0 Å². The van der Waals surface area contributed by atoms with Crippen LogP contribution in [0.1, 0.15) is 30.9 Å². The van der Waals surface area contributed by atoms with Crippen LogP contribution in [0, 0.1) is 5.92 Å². The Balaban J connectivity index is 1.69. The van der Waals surface area contributed by atoms with Crippen LogP contribution in [0.25, 0.3) is 0 Å². The number of hydrogen-bond acceptors (Lipinski definition) is 3. The Labute approximate surface area is 103 Å². The summed E-state index contributed by atoms with van der Waals surface area (Å²) in [6, 6.07) is 1.37. The summed E-state index contributed by atoms with van der Waals surface area (Å²) in [5.74, 6) is 0.741. The first-order valence-electron chi connectivity index (χ1n) is 6.66. The highest BCUT2D eigenvalue weighted by Gasteiger charge is 2.34. The molecule has 2 heterocycles. The Morgan fingerprint density at radius 3 is 2.82 bits per heavy atom. The van der Waals surface area contributed by atoms with Crippen molar-refractivity contribution < 1.29 is 0 Å². The molecular formula is C13H22N4. The predicted molar refractivity (Wildman–Crippen MR) is 67.7 cm³/mol. The lowest BCUT2D eigenvalue weighted by molar-refractivity contribution is 0.271. The quantitative estimate of drug-likeness (QED) is 0.849. The van der Waals surface area contributed by atoms with Gasteiger partial charge >= 0.3 is 0 Å². The second kappa shape index (κ2) is 4.42. The molecule has 1 aromatic rings. The second-order valence-electron chi connectivity index (χ2n) is 5.60. The fourth-order valence-corrected chi connectivity index (χ4v) is 2.97. The number of hydrogen-bond donors (Lipinski definition) is 1. The number of nitrogens with one attached hydrogen (secondary N) is 1. The van der Waals surface area contributed by atoms with Crippen molar-refractivity contribution in [3.05, 3.63) is 18.0 Å². The van der Waals surface area contributed by atoms with Crippen LogP contribution >= 0.6 is 0 Å². The zero-order chi connectivity index (χ0) is 11.8. The number of rotatable bonds is 4. The van der Waals surface area contributed by atoms with Gasteiger partial charge in [-0.15, -0.1) is 0 Å². The number of nitrogens with zero attached hydrogens (tertiary/aromatic N) is 3. The van der Waals surface area contributed by atoms with Gasteiger partial charge in [0.25, 0.3) is 0 Å². The molecule has 1 aliphatic heterocycles. The zero-order valence-electron chi connectivity index (χ0n) is 10.8. The molecule has 0 spiro atoms. The Kier molecular flexibility index (Phi) is 2.92. The van der Waals surface area contributed by atoms with Gasteiger partial charge in [0.15, 0.2) is 0 Å². The van der Waals surface area contributed by atoms with E-state index in [0.717, 1.165) is 18.5 Å². The van der Waals surface area contributed by atoms with Crippen LogP contribution in [0.15, 0.2) is 12.4 Å². The topological polar surface area (TPSA) is 33.1 Å². The first-order chi connectivity index (χ1) is 8.24. The van der Waals surface area contributed by atoms with Crippen LogP contribution < -0.4 is 5.32 Å². The van der Waals surface area contributed by atoms with E-state index >= 15 is 0 Å². The molecule has 1 N–H and O–H groups in total. The molecule has 1 saturated carbocycles. The molecule has 0 bridgehead atoms. The van der Waals surface area contributed by atoms with Gasteiger partial charge in [-0.1, -0.05) is 0 Å². The van der Waals surface area contributed by atoms with Crippen LogP contribution in [0.3, 0.4) is 0 Å². The fraction of sp³-hybridized carbons (Fsp3) is 0.769. The molecule has 1 aliphatic carbocycles. The maximum Gasteiger partial charge on any atom is 0.0537 e. The van der Waals surface area contributed by atoms with E-state index in [0.29, 0.717) is 6.04 Å². The third-order valence-electron chi connectivity index (χ3n) is 4.09. The summed E-state index contributed by atoms with van der Waals surface area (Å²) in [6.07, 6.45) is 8.24. The molecule has 4 heteroatoms. The maximum absolute atomic E-state index is 4.31. The zero-order valence-corrected chi connectivity index (χ0v) is 10.8. The van der Waals surface area contributed by atoms with E-state index in [4.69, 9.17) is 0 Å². The fourth-order valence-electron chi connectivity index (χ4n) is 2.97. The summed E-state index contributed by atoms with van der Waals surface area (Å²) < 4.78 is 1.91. The molecule has 0 aromatic carbocycles. The molecule has 17 heavy (non-hydrogen) atoms. The van der Waals surface area contributed by atoms with Crippen molar-refractivity contribution in [1.29, 1.82) is 0 Å². The molecule has 1 saturated heterocycles. The Hall–Kier alpha value is -0.870. The minimum absolute atomic E-state index is 0.551. The number of likely N-dealkylation sites (tertiary alicyclic amines) is 1. The van der Waals surface area contributed by atoms with Gasteiger partial charge in [0.05, 0.1) is 6.20 Å². The van der Waals surface area contributed by atoms with Crippen LogP contribution in [0.5, 0.6) is 0 Å². The molecule has 2 fully saturated rings. The standard InChI is InChI=1S/C13H22N4/c1-16-6-5-10(7-14-12-3-4-12)13(16)11-8-15-17(2)9-11/h8-10,12-14H,3-7H2,1-2H3. The first kappa shape index (κ1) is 11.2. The van der Waals surface area contributed by atoms with Crippen LogP contribution in [-0.2, 0) is 7.05 Å². The summed E-state index contributed by atoms with van der Waals surface area (Å²) in [7, 11) is 4.23. The predicted octanol–water partition coefficient (Wildman–Crippen LogP) is 1.16. The van der Waals surface area contributed by atoms with Gasteiger partial charge in [0.2, 0.25) is 0 Å². The van der Waals surface area contributed by atoms with Crippen LogP contribution in [0.4, 0.5) is 0 Å². The average molecular weight is 234 g/mol. The summed E-state index contributed by atoms with van der Waals surface area (Å²) in [6.45, 7) is 2.37. The molecule has 0 radical (unpaired) electrons. The molecule has 2 atom stereocenters. The van der Waals surface area contributed by atoms with E-state index in [9.17, 15) is 0 Å². The van der Waals surface area contributed by atoms with Crippen molar-refractivity contribution in [3.63, 3.8) is 0 Å². The molecule has 1 aromatic heterocycles. The Bertz CT molecular complexity index is 383. The van der Waals surface area contributed by atoms with Gasteiger partial charge in [0, 0.05) is 37.4 Å². The summed E-state index contributed by atoms with van der Waals surface area (Å²) in [5, 5.41) is 7.98. The van der Waals surface area contributed by atoms with Gasteiger partial charge in [-0.3, -0.25) is 9.58 Å². The normalized spacial score (nSPS) is 30.0. The molecule has 3 rings (SSSR count). The summed E-state index contributed by atoms with van der Waals surface area (Å²) in [5.41, 5.74) is 1.37. The van der Waals surface area contributed by atoms with E-state index in [1.807, 2.05) is 17.9 Å². The van der Waals surface area contributed by atoms with Crippen LogP contribution in [0.2, 0.25) is 0 Å². The van der Waals surface area contributed by atoms with Crippen molar-refractivity contribution in [2.75, 3.05) is 20.1 Å². The SMILES string of the molecule is CN1CCC(CNC2CC2)C1c1cnn(C)c1. The third-order valence-corrected chi connectivity index (χ3v) is 4.09. The Morgan fingerprint density at radius 2 is 2.18 bits per heavy atom. The highest BCUT2D eigenvalue weighted by atomic mass is 15.3. The molecule has 94 valence electrons. The van der Waals surface area contributed by atoms with Gasteiger partial charge in [-0.25, -0.2) is 0 Å². The number of aromatic nitrogens is 2. The maximum atomic E-state index is 4.31. The first-order valence-corrected chi connectivity index (χ1v) is 6.66. The van der Waals surface area contributed by atoms with E-state index in [-0.39, 0.29) is 0 Å². The monoisotopic (exact) mass is 234 g/mol. The summed E-state index contributed by atoms with van der Waals surface area (Å²) >= 11 is 0. The van der Waals surface area contributed by atoms with Crippen molar-refractivity contribution in [1.82, 2.24) is 20.0 Å². The van der Waals surface area contributed by atoms with Gasteiger partial charge < -0.3 is 5.32 Å². The van der Waals surface area contributed by atoms with E-state index in [1.165, 1.54) is 31.4 Å². The van der Waals surface area contributed by atoms with Crippen molar-refractivity contribution >= 4 is 0 Å². The lowest BCUT2D eigenvalue weighted by Gasteiger charge is -2.24. The van der Waals surface area contributed by atoms with Gasteiger partial charge in [-0.2, -0.15) is 5.10 Å². The molecule has 4 nitrogen and oxygen atoms in total. The Morgan fingerprint density at radius 1 is 1.35 bits per heavy atom.